The number of nitrogens with zero attached hydrogens (tertiary/aromatic N) is 1. The topological polar surface area (TPSA) is 67.0 Å². The van der Waals surface area contributed by atoms with E-state index in [4.69, 9.17) is 4.74 Å². The van der Waals surface area contributed by atoms with E-state index >= 15 is 0 Å². The summed E-state index contributed by atoms with van der Waals surface area (Å²) in [6.45, 7) is 10.2. The zero-order valence-corrected chi connectivity index (χ0v) is 11.6. The highest BCUT2D eigenvalue weighted by molar-refractivity contribution is 5.04. The van der Waals surface area contributed by atoms with Gasteiger partial charge in [0, 0.05) is 19.2 Å². The van der Waals surface area contributed by atoms with Crippen molar-refractivity contribution in [3.8, 4) is 0 Å². The number of H-pyrrole nitrogens is 1. The minimum atomic E-state index is -0.187. The molecule has 0 saturated heterocycles. The lowest BCUT2D eigenvalue weighted by molar-refractivity contribution is 0.0697. The molecule has 0 aliphatic heterocycles. The lowest BCUT2D eigenvalue weighted by Crippen LogP contribution is -2.23. The maximum Gasteiger partial charge on any atom is 0.251 e. The fraction of sp³-hybridized carbons (Fsp3) is 0.692. The van der Waals surface area contributed by atoms with Gasteiger partial charge in [-0.05, 0) is 26.3 Å². The van der Waals surface area contributed by atoms with Gasteiger partial charge in [0.2, 0.25) is 0 Å². The van der Waals surface area contributed by atoms with E-state index in [1.54, 1.807) is 0 Å². The first-order valence-corrected chi connectivity index (χ1v) is 6.45. The van der Waals surface area contributed by atoms with E-state index < -0.39 is 0 Å². The molecule has 5 nitrogen and oxygen atoms in total. The van der Waals surface area contributed by atoms with Crippen molar-refractivity contribution in [2.45, 2.75) is 40.3 Å². The van der Waals surface area contributed by atoms with Gasteiger partial charge in [0.1, 0.15) is 11.9 Å². The molecule has 1 rings (SSSR count). The molecule has 5 heteroatoms. The Morgan fingerprint density at radius 2 is 2.17 bits per heavy atom. The highest BCUT2D eigenvalue weighted by Crippen LogP contribution is 2.10. The number of aromatic nitrogens is 2. The van der Waals surface area contributed by atoms with Gasteiger partial charge >= 0.3 is 0 Å². The average molecular weight is 253 g/mol. The minimum absolute atomic E-state index is 0.132. The zero-order chi connectivity index (χ0) is 13.5. The Bertz CT molecular complexity index is 415. The third-order valence-electron chi connectivity index (χ3n) is 2.47. The predicted molar refractivity (Wildman–Crippen MR) is 71.4 cm³/mol. The number of rotatable bonds is 7. The molecule has 0 bridgehead atoms. The number of hydrogen-bond acceptors (Lipinski definition) is 4. The van der Waals surface area contributed by atoms with Crippen molar-refractivity contribution >= 4 is 0 Å². The second kappa shape index (κ2) is 7.28. The fourth-order valence-corrected chi connectivity index (χ4v) is 1.63. The molecule has 2 N–H and O–H groups in total. The maximum atomic E-state index is 11.5. The molecule has 0 radical (unpaired) electrons. The maximum absolute atomic E-state index is 11.5. The van der Waals surface area contributed by atoms with Crippen molar-refractivity contribution < 1.29 is 4.74 Å². The van der Waals surface area contributed by atoms with Crippen LogP contribution in [0.3, 0.4) is 0 Å². The molecular weight excluding hydrogens is 230 g/mol. The van der Waals surface area contributed by atoms with Crippen molar-refractivity contribution in [3.63, 3.8) is 0 Å². The first kappa shape index (κ1) is 14.9. The largest absolute Gasteiger partial charge is 0.371 e. The van der Waals surface area contributed by atoms with E-state index in [-0.39, 0.29) is 11.7 Å². The Kier molecular flexibility index (Phi) is 6.01. The summed E-state index contributed by atoms with van der Waals surface area (Å²) in [6, 6.07) is 1.52. The Morgan fingerprint density at radius 1 is 1.44 bits per heavy atom. The second-order valence-electron chi connectivity index (χ2n) is 4.74. The molecule has 102 valence electrons. The monoisotopic (exact) mass is 253 g/mol. The van der Waals surface area contributed by atoms with Crippen LogP contribution < -0.4 is 10.9 Å². The summed E-state index contributed by atoms with van der Waals surface area (Å²) in [5.41, 5.74) is 0.619. The third-order valence-corrected chi connectivity index (χ3v) is 2.47. The van der Waals surface area contributed by atoms with Crippen LogP contribution in [0.2, 0.25) is 0 Å². The second-order valence-corrected chi connectivity index (χ2v) is 4.74. The van der Waals surface area contributed by atoms with Crippen molar-refractivity contribution in [1.29, 1.82) is 0 Å². The van der Waals surface area contributed by atoms with Crippen LogP contribution in [0.25, 0.3) is 0 Å². The number of ether oxygens (including phenoxy) is 1. The summed E-state index contributed by atoms with van der Waals surface area (Å²) < 4.78 is 5.43. The predicted octanol–water partition coefficient (Wildman–Crippen LogP) is 1.61. The van der Waals surface area contributed by atoms with Gasteiger partial charge in [0.05, 0.1) is 5.69 Å². The van der Waals surface area contributed by atoms with Crippen molar-refractivity contribution in [2.24, 2.45) is 5.92 Å². The smallest absolute Gasteiger partial charge is 0.251 e. The van der Waals surface area contributed by atoms with Crippen LogP contribution in [0.5, 0.6) is 0 Å². The average Bonchev–Trinajstić information content (AvgIpc) is 2.28. The van der Waals surface area contributed by atoms with Crippen LogP contribution in [0, 0.1) is 5.92 Å². The van der Waals surface area contributed by atoms with Gasteiger partial charge in [0.25, 0.3) is 5.56 Å². The van der Waals surface area contributed by atoms with Crippen LogP contribution in [0.15, 0.2) is 10.9 Å². The van der Waals surface area contributed by atoms with Crippen molar-refractivity contribution in [2.75, 3.05) is 13.2 Å². The quantitative estimate of drug-likeness (QED) is 0.775. The summed E-state index contributed by atoms with van der Waals surface area (Å²) in [5.74, 6) is 1.17. The highest BCUT2D eigenvalue weighted by atomic mass is 16.5. The lowest BCUT2D eigenvalue weighted by atomic mass is 10.2. The molecule has 0 spiro atoms. The first-order chi connectivity index (χ1) is 8.52. The van der Waals surface area contributed by atoms with E-state index in [0.29, 0.717) is 24.9 Å². The molecule has 1 atom stereocenters. The van der Waals surface area contributed by atoms with Crippen LogP contribution in [0.1, 0.15) is 45.3 Å². The molecule has 0 aliphatic rings. The summed E-state index contributed by atoms with van der Waals surface area (Å²) in [5, 5.41) is 3.27. The molecule has 0 amide bonds. The van der Waals surface area contributed by atoms with E-state index in [9.17, 15) is 4.79 Å². The number of aromatic amines is 1. The first-order valence-electron chi connectivity index (χ1n) is 6.45. The molecule has 1 heterocycles. The SMILES string of the molecule is CCOC(C)c1nc(CNCC(C)C)cc(=O)[nH]1. The Balaban J connectivity index is 2.71. The third kappa shape index (κ3) is 4.98. The molecule has 0 aromatic carbocycles. The van der Waals surface area contributed by atoms with Crippen LogP contribution in [0.4, 0.5) is 0 Å². The van der Waals surface area contributed by atoms with E-state index in [0.717, 1.165) is 12.2 Å². The van der Waals surface area contributed by atoms with E-state index in [1.807, 2.05) is 13.8 Å². The van der Waals surface area contributed by atoms with Crippen molar-refractivity contribution in [3.05, 3.63) is 27.9 Å². The van der Waals surface area contributed by atoms with Crippen LogP contribution in [-0.2, 0) is 11.3 Å². The summed E-state index contributed by atoms with van der Waals surface area (Å²) >= 11 is 0. The van der Waals surface area contributed by atoms with Crippen molar-refractivity contribution in [1.82, 2.24) is 15.3 Å². The standard InChI is InChI=1S/C13H23N3O2/c1-5-18-10(4)13-15-11(6-12(17)16-13)8-14-7-9(2)3/h6,9-10,14H,5,7-8H2,1-4H3,(H,15,16,17). The van der Waals surface area contributed by atoms with E-state index in [1.165, 1.54) is 6.07 Å². The fourth-order valence-electron chi connectivity index (χ4n) is 1.63. The number of hydrogen-bond donors (Lipinski definition) is 2. The van der Waals surface area contributed by atoms with E-state index in [2.05, 4.69) is 29.1 Å². The molecular formula is C13H23N3O2. The van der Waals surface area contributed by atoms with Gasteiger partial charge in [0.15, 0.2) is 0 Å². The van der Waals surface area contributed by atoms with Crippen LogP contribution in [-0.4, -0.2) is 23.1 Å². The van der Waals surface area contributed by atoms with Gasteiger partial charge < -0.3 is 15.0 Å². The molecule has 0 fully saturated rings. The lowest BCUT2D eigenvalue weighted by Gasteiger charge is -2.12. The minimum Gasteiger partial charge on any atom is -0.371 e. The Hall–Kier alpha value is -1.20. The number of nitrogens with one attached hydrogen (secondary N) is 2. The zero-order valence-electron chi connectivity index (χ0n) is 11.6. The van der Waals surface area contributed by atoms with Crippen LogP contribution >= 0.6 is 0 Å². The Morgan fingerprint density at radius 3 is 2.78 bits per heavy atom. The van der Waals surface area contributed by atoms with Gasteiger partial charge in [-0.15, -0.1) is 0 Å². The normalized spacial score (nSPS) is 12.9. The molecule has 1 aromatic rings. The summed E-state index contributed by atoms with van der Waals surface area (Å²) in [7, 11) is 0. The molecule has 0 aliphatic carbocycles. The highest BCUT2D eigenvalue weighted by Gasteiger charge is 2.09. The molecule has 1 unspecified atom stereocenters. The summed E-state index contributed by atoms with van der Waals surface area (Å²) in [4.78, 5) is 18.7. The Labute approximate surface area is 108 Å². The molecule has 1 aromatic heterocycles. The van der Waals surface area contributed by atoms with Gasteiger partial charge in [-0.2, -0.15) is 0 Å². The summed E-state index contributed by atoms with van der Waals surface area (Å²) in [6.07, 6.45) is -0.187. The molecule has 0 saturated carbocycles. The van der Waals surface area contributed by atoms with Gasteiger partial charge in [-0.3, -0.25) is 4.79 Å². The molecule has 18 heavy (non-hydrogen) atoms. The van der Waals surface area contributed by atoms with Gasteiger partial charge in [-0.25, -0.2) is 4.98 Å². The van der Waals surface area contributed by atoms with Gasteiger partial charge in [-0.1, -0.05) is 13.8 Å².